The smallest absolute Gasteiger partial charge is 0.335 e. The predicted molar refractivity (Wildman–Crippen MR) is 86.1 cm³/mol. The second-order valence-electron chi connectivity index (χ2n) is 6.17. The van der Waals surface area contributed by atoms with Gasteiger partial charge in [-0.25, -0.2) is 4.79 Å². The normalized spacial score (nSPS) is 11.0. The maximum atomic E-state index is 12.2. The summed E-state index contributed by atoms with van der Waals surface area (Å²) in [4.78, 5) is 23.1. The number of benzene rings is 2. The Bertz CT molecular complexity index is 697. The third-order valence-corrected chi connectivity index (χ3v) is 3.08. The van der Waals surface area contributed by atoms with Crippen molar-refractivity contribution in [2.75, 3.05) is 0 Å². The molecule has 4 heteroatoms. The average Bonchev–Trinajstić information content (AvgIpc) is 2.46. The summed E-state index contributed by atoms with van der Waals surface area (Å²) in [7, 11) is 0. The summed E-state index contributed by atoms with van der Waals surface area (Å²) in [5, 5.41) is 11.8. The van der Waals surface area contributed by atoms with Crippen molar-refractivity contribution in [2.45, 2.75) is 26.3 Å². The summed E-state index contributed by atoms with van der Waals surface area (Å²) in [6.07, 6.45) is 0. The molecule has 1 amide bonds. The first-order valence-electron chi connectivity index (χ1n) is 7.02. The average molecular weight is 297 g/mol. The Balaban J connectivity index is 2.28. The number of carbonyl (C=O) groups excluding carboxylic acids is 1. The molecule has 0 aliphatic heterocycles. The number of aromatic carboxylic acids is 1. The lowest BCUT2D eigenvalue weighted by molar-refractivity contribution is 0.0696. The minimum atomic E-state index is -0.954. The third-order valence-electron chi connectivity index (χ3n) is 3.08. The van der Waals surface area contributed by atoms with Gasteiger partial charge in [0.1, 0.15) is 0 Å². The minimum absolute atomic E-state index is 0.128. The van der Waals surface area contributed by atoms with Gasteiger partial charge in [0.15, 0.2) is 0 Å². The standard InChI is InChI=1S/C18H19NO3/c1-18(2,3)19-16(20)15-6-4-5-14(11-15)12-7-9-13(10-8-12)17(21)22/h4-11H,1-3H3,(H,19,20)(H,21,22). The molecule has 4 nitrogen and oxygen atoms in total. The second kappa shape index (κ2) is 6.02. The van der Waals surface area contributed by atoms with Crippen LogP contribution in [-0.4, -0.2) is 22.5 Å². The maximum Gasteiger partial charge on any atom is 0.335 e. The number of carboxylic acids is 1. The van der Waals surface area contributed by atoms with Crippen LogP contribution in [0.3, 0.4) is 0 Å². The predicted octanol–water partition coefficient (Wildman–Crippen LogP) is 3.58. The highest BCUT2D eigenvalue weighted by atomic mass is 16.4. The molecule has 0 saturated heterocycles. The van der Waals surface area contributed by atoms with Crippen LogP contribution in [0, 0.1) is 0 Å². The van der Waals surface area contributed by atoms with Crippen LogP contribution in [0.25, 0.3) is 11.1 Å². The fourth-order valence-electron chi connectivity index (χ4n) is 2.06. The van der Waals surface area contributed by atoms with Crippen molar-refractivity contribution in [3.05, 3.63) is 59.7 Å². The van der Waals surface area contributed by atoms with E-state index in [-0.39, 0.29) is 17.0 Å². The van der Waals surface area contributed by atoms with E-state index in [1.165, 1.54) is 0 Å². The van der Waals surface area contributed by atoms with Crippen molar-refractivity contribution in [1.82, 2.24) is 5.32 Å². The molecule has 0 aliphatic rings. The zero-order chi connectivity index (χ0) is 16.3. The first-order chi connectivity index (χ1) is 10.3. The number of amides is 1. The van der Waals surface area contributed by atoms with Gasteiger partial charge in [0.2, 0.25) is 0 Å². The van der Waals surface area contributed by atoms with Crippen LogP contribution in [0.1, 0.15) is 41.5 Å². The molecule has 22 heavy (non-hydrogen) atoms. The highest BCUT2D eigenvalue weighted by Crippen LogP contribution is 2.21. The summed E-state index contributed by atoms with van der Waals surface area (Å²) >= 11 is 0. The highest BCUT2D eigenvalue weighted by molar-refractivity contribution is 5.96. The molecule has 0 atom stereocenters. The molecule has 2 aromatic carbocycles. The fourth-order valence-corrected chi connectivity index (χ4v) is 2.06. The van der Waals surface area contributed by atoms with Crippen molar-refractivity contribution < 1.29 is 14.7 Å². The lowest BCUT2D eigenvalue weighted by Crippen LogP contribution is -2.40. The Morgan fingerprint density at radius 2 is 1.55 bits per heavy atom. The van der Waals surface area contributed by atoms with E-state index in [0.717, 1.165) is 11.1 Å². The highest BCUT2D eigenvalue weighted by Gasteiger charge is 2.15. The lowest BCUT2D eigenvalue weighted by Gasteiger charge is -2.20. The molecule has 0 unspecified atom stereocenters. The molecule has 2 aromatic rings. The lowest BCUT2D eigenvalue weighted by atomic mass is 10.0. The van der Waals surface area contributed by atoms with Crippen LogP contribution < -0.4 is 5.32 Å². The van der Waals surface area contributed by atoms with Crippen LogP contribution >= 0.6 is 0 Å². The Labute approximate surface area is 129 Å². The van der Waals surface area contributed by atoms with E-state index in [2.05, 4.69) is 5.32 Å². The van der Waals surface area contributed by atoms with Gasteiger partial charge in [-0.15, -0.1) is 0 Å². The Kier molecular flexibility index (Phi) is 4.31. The van der Waals surface area contributed by atoms with E-state index >= 15 is 0 Å². The Morgan fingerprint density at radius 1 is 0.909 bits per heavy atom. The molecule has 0 saturated carbocycles. The van der Waals surface area contributed by atoms with Crippen molar-refractivity contribution in [1.29, 1.82) is 0 Å². The number of hydrogen-bond donors (Lipinski definition) is 2. The van der Waals surface area contributed by atoms with E-state index in [1.807, 2.05) is 32.9 Å². The van der Waals surface area contributed by atoms with Gasteiger partial charge in [-0.2, -0.15) is 0 Å². The maximum absolute atomic E-state index is 12.2. The van der Waals surface area contributed by atoms with Crippen LogP contribution in [-0.2, 0) is 0 Å². The van der Waals surface area contributed by atoms with Gasteiger partial charge in [-0.05, 0) is 56.2 Å². The van der Waals surface area contributed by atoms with E-state index < -0.39 is 5.97 Å². The van der Waals surface area contributed by atoms with Crippen molar-refractivity contribution in [3.8, 4) is 11.1 Å². The number of nitrogens with one attached hydrogen (secondary N) is 1. The summed E-state index contributed by atoms with van der Waals surface area (Å²) < 4.78 is 0. The Morgan fingerprint density at radius 3 is 2.09 bits per heavy atom. The monoisotopic (exact) mass is 297 g/mol. The molecule has 0 spiro atoms. The second-order valence-corrected chi connectivity index (χ2v) is 6.17. The number of rotatable bonds is 3. The van der Waals surface area contributed by atoms with Crippen molar-refractivity contribution in [2.24, 2.45) is 0 Å². The van der Waals surface area contributed by atoms with Crippen LogP contribution in [0.4, 0.5) is 0 Å². The van der Waals surface area contributed by atoms with Crippen LogP contribution in [0.15, 0.2) is 48.5 Å². The molecule has 114 valence electrons. The van der Waals surface area contributed by atoms with Gasteiger partial charge in [0.25, 0.3) is 5.91 Å². The van der Waals surface area contributed by atoms with E-state index in [1.54, 1.807) is 36.4 Å². The molecule has 2 rings (SSSR count). The first kappa shape index (κ1) is 15.8. The molecule has 2 N–H and O–H groups in total. The van der Waals surface area contributed by atoms with Gasteiger partial charge in [0, 0.05) is 11.1 Å². The minimum Gasteiger partial charge on any atom is -0.478 e. The molecule has 0 aromatic heterocycles. The molecular formula is C18H19NO3. The topological polar surface area (TPSA) is 66.4 Å². The van der Waals surface area contributed by atoms with Gasteiger partial charge < -0.3 is 10.4 Å². The zero-order valence-corrected chi connectivity index (χ0v) is 12.9. The number of carbonyl (C=O) groups is 2. The molecule has 0 bridgehead atoms. The largest absolute Gasteiger partial charge is 0.478 e. The number of hydrogen-bond acceptors (Lipinski definition) is 2. The third kappa shape index (κ3) is 3.95. The molecule has 0 heterocycles. The van der Waals surface area contributed by atoms with Crippen molar-refractivity contribution in [3.63, 3.8) is 0 Å². The Hall–Kier alpha value is -2.62. The van der Waals surface area contributed by atoms with Gasteiger partial charge in [-0.1, -0.05) is 24.3 Å². The van der Waals surface area contributed by atoms with E-state index in [9.17, 15) is 9.59 Å². The molecule has 0 aliphatic carbocycles. The molecular weight excluding hydrogens is 278 g/mol. The summed E-state index contributed by atoms with van der Waals surface area (Å²) in [5.41, 5.74) is 2.27. The number of carboxylic acid groups (broad SMARTS) is 1. The van der Waals surface area contributed by atoms with Crippen LogP contribution in [0.5, 0.6) is 0 Å². The van der Waals surface area contributed by atoms with Gasteiger partial charge in [0.05, 0.1) is 5.56 Å². The van der Waals surface area contributed by atoms with E-state index in [0.29, 0.717) is 5.56 Å². The first-order valence-corrected chi connectivity index (χ1v) is 7.02. The summed E-state index contributed by atoms with van der Waals surface area (Å²) in [6, 6.07) is 13.9. The summed E-state index contributed by atoms with van der Waals surface area (Å²) in [5.74, 6) is -1.08. The molecule has 0 radical (unpaired) electrons. The molecule has 0 fully saturated rings. The SMILES string of the molecule is CC(C)(C)NC(=O)c1cccc(-c2ccc(C(=O)O)cc2)c1. The fraction of sp³-hybridized carbons (Fsp3) is 0.222. The summed E-state index contributed by atoms with van der Waals surface area (Å²) in [6.45, 7) is 5.79. The van der Waals surface area contributed by atoms with E-state index in [4.69, 9.17) is 5.11 Å². The zero-order valence-electron chi connectivity index (χ0n) is 12.9. The van der Waals surface area contributed by atoms with Gasteiger partial charge in [-0.3, -0.25) is 4.79 Å². The van der Waals surface area contributed by atoms with Gasteiger partial charge >= 0.3 is 5.97 Å². The van der Waals surface area contributed by atoms with Crippen LogP contribution in [0.2, 0.25) is 0 Å². The quantitative estimate of drug-likeness (QED) is 0.910. The van der Waals surface area contributed by atoms with Crippen molar-refractivity contribution >= 4 is 11.9 Å².